The third-order valence-corrected chi connectivity index (χ3v) is 4.18. The topological polar surface area (TPSA) is 67.4 Å². The fourth-order valence-corrected chi connectivity index (χ4v) is 3.03. The number of ether oxygens (including phenoxy) is 1. The van der Waals surface area contributed by atoms with Crippen LogP contribution in [0.5, 0.6) is 0 Å². The van der Waals surface area contributed by atoms with Gasteiger partial charge in [0.15, 0.2) is 10.9 Å². The largest absolute Gasteiger partial charge is 0.461 e. The minimum atomic E-state index is -0.600. The zero-order chi connectivity index (χ0) is 18.5. The molecule has 0 bridgehead atoms. The average molecular weight is 366 g/mol. The van der Waals surface area contributed by atoms with Crippen LogP contribution in [-0.4, -0.2) is 23.5 Å². The van der Waals surface area contributed by atoms with Crippen molar-refractivity contribution >= 4 is 29.1 Å². The second-order valence-corrected chi connectivity index (χ2v) is 6.05. The molecule has 132 valence electrons. The van der Waals surface area contributed by atoms with E-state index in [1.165, 1.54) is 0 Å². The molecule has 1 unspecified atom stereocenters. The molecule has 0 saturated heterocycles. The zero-order valence-electron chi connectivity index (χ0n) is 14.2. The molecule has 1 atom stereocenters. The predicted molar refractivity (Wildman–Crippen MR) is 102 cm³/mol. The molecule has 2 N–H and O–H groups in total. The molecule has 2 aromatic rings. The van der Waals surface area contributed by atoms with Gasteiger partial charge in [0.2, 0.25) is 0 Å². The number of hydrogen-bond donors (Lipinski definition) is 2. The smallest absolute Gasteiger partial charge is 0.355 e. The highest BCUT2D eigenvalue weighted by atomic mass is 32.1. The molecule has 0 aromatic heterocycles. The summed E-state index contributed by atoms with van der Waals surface area (Å²) in [6, 6.07) is 17.7. The van der Waals surface area contributed by atoms with E-state index in [0.29, 0.717) is 5.56 Å². The summed E-state index contributed by atoms with van der Waals surface area (Å²) in [5, 5.41) is 6.17. The number of hydrogen-bond acceptors (Lipinski definition) is 4. The standard InChI is InChI=1S/C20H18N2O3S/c1-2-25-19(24)17-15(18(23)14-11-7-4-8-12-14)16(21-20(26)22-17)13-9-5-3-6-10-13/h3-12,16H,2H2,1H3,(H2,21,22,26). The number of ketones is 1. The van der Waals surface area contributed by atoms with Crippen LogP contribution in [0.4, 0.5) is 0 Å². The molecule has 1 aliphatic rings. The monoisotopic (exact) mass is 366 g/mol. The van der Waals surface area contributed by atoms with E-state index in [4.69, 9.17) is 17.0 Å². The zero-order valence-corrected chi connectivity index (χ0v) is 15.0. The molecule has 3 rings (SSSR count). The third-order valence-electron chi connectivity index (χ3n) is 3.97. The first-order valence-corrected chi connectivity index (χ1v) is 8.66. The first-order chi connectivity index (χ1) is 12.6. The Morgan fingerprint density at radius 2 is 1.65 bits per heavy atom. The van der Waals surface area contributed by atoms with Crippen molar-refractivity contribution in [1.29, 1.82) is 0 Å². The van der Waals surface area contributed by atoms with Gasteiger partial charge in [0.05, 0.1) is 18.2 Å². The minimum absolute atomic E-state index is 0.0818. The first kappa shape index (κ1) is 17.8. The van der Waals surface area contributed by atoms with E-state index in [-0.39, 0.29) is 28.8 Å². The van der Waals surface area contributed by atoms with E-state index in [2.05, 4.69) is 10.6 Å². The molecule has 26 heavy (non-hydrogen) atoms. The summed E-state index contributed by atoms with van der Waals surface area (Å²) < 4.78 is 5.13. The summed E-state index contributed by atoms with van der Waals surface area (Å²) in [7, 11) is 0. The van der Waals surface area contributed by atoms with E-state index < -0.39 is 12.0 Å². The van der Waals surface area contributed by atoms with Gasteiger partial charge in [-0.3, -0.25) is 4.79 Å². The molecule has 6 heteroatoms. The van der Waals surface area contributed by atoms with Crippen molar-refractivity contribution in [3.63, 3.8) is 0 Å². The first-order valence-electron chi connectivity index (χ1n) is 8.25. The summed E-state index contributed by atoms with van der Waals surface area (Å²) >= 11 is 5.24. The summed E-state index contributed by atoms with van der Waals surface area (Å²) in [6.07, 6.45) is 0. The van der Waals surface area contributed by atoms with Gasteiger partial charge >= 0.3 is 5.97 Å². The van der Waals surface area contributed by atoms with Gasteiger partial charge < -0.3 is 15.4 Å². The van der Waals surface area contributed by atoms with Gasteiger partial charge in [-0.05, 0) is 24.7 Å². The van der Waals surface area contributed by atoms with Gasteiger partial charge in [-0.1, -0.05) is 60.7 Å². The van der Waals surface area contributed by atoms with E-state index in [9.17, 15) is 9.59 Å². The van der Waals surface area contributed by atoms with Crippen molar-refractivity contribution < 1.29 is 14.3 Å². The van der Waals surface area contributed by atoms with Crippen molar-refractivity contribution in [1.82, 2.24) is 10.6 Å². The summed E-state index contributed by atoms with van der Waals surface area (Å²) in [5.74, 6) is -0.860. The Labute approximate surface area is 157 Å². The molecule has 2 aromatic carbocycles. The van der Waals surface area contributed by atoms with Crippen molar-refractivity contribution in [2.45, 2.75) is 13.0 Å². The number of rotatable bonds is 5. The molecule has 1 aliphatic heterocycles. The number of thiocarbonyl (C=S) groups is 1. The van der Waals surface area contributed by atoms with Crippen LogP contribution < -0.4 is 10.6 Å². The number of carbonyl (C=O) groups excluding carboxylic acids is 2. The van der Waals surface area contributed by atoms with Crippen LogP contribution in [0, 0.1) is 0 Å². The number of benzene rings is 2. The highest BCUT2D eigenvalue weighted by molar-refractivity contribution is 7.80. The molecule has 0 saturated carbocycles. The fourth-order valence-electron chi connectivity index (χ4n) is 2.81. The minimum Gasteiger partial charge on any atom is -0.461 e. The number of carbonyl (C=O) groups is 2. The van der Waals surface area contributed by atoms with Crippen LogP contribution in [0.25, 0.3) is 0 Å². The number of Topliss-reactive ketones (excluding diaryl/α,β-unsaturated/α-hetero) is 1. The lowest BCUT2D eigenvalue weighted by atomic mass is 9.89. The maximum Gasteiger partial charge on any atom is 0.355 e. The van der Waals surface area contributed by atoms with E-state index >= 15 is 0 Å². The van der Waals surface area contributed by atoms with Gasteiger partial charge in [-0.25, -0.2) is 4.79 Å². The van der Waals surface area contributed by atoms with Gasteiger partial charge in [0.25, 0.3) is 0 Å². The lowest BCUT2D eigenvalue weighted by Crippen LogP contribution is -2.47. The molecule has 0 radical (unpaired) electrons. The molecule has 1 heterocycles. The average Bonchev–Trinajstić information content (AvgIpc) is 2.68. The highest BCUT2D eigenvalue weighted by Crippen LogP contribution is 2.30. The molecular weight excluding hydrogens is 348 g/mol. The second-order valence-electron chi connectivity index (χ2n) is 5.65. The SMILES string of the molecule is CCOC(=O)C1=C(C(=O)c2ccccc2)C(c2ccccc2)NC(=S)N1. The molecular formula is C20H18N2O3S. The van der Waals surface area contributed by atoms with Crippen LogP contribution >= 0.6 is 12.2 Å². The van der Waals surface area contributed by atoms with Crippen LogP contribution in [0.15, 0.2) is 71.9 Å². The molecule has 0 aliphatic carbocycles. The molecule has 5 nitrogen and oxygen atoms in total. The van der Waals surface area contributed by atoms with Gasteiger partial charge in [-0.2, -0.15) is 0 Å². The lowest BCUT2D eigenvalue weighted by Gasteiger charge is -2.30. The Kier molecular flexibility index (Phi) is 5.43. The van der Waals surface area contributed by atoms with E-state index in [1.807, 2.05) is 36.4 Å². The predicted octanol–water partition coefficient (Wildman–Crippen LogP) is 2.91. The Morgan fingerprint density at radius 1 is 1.04 bits per heavy atom. The molecule has 0 fully saturated rings. The maximum atomic E-state index is 13.2. The van der Waals surface area contributed by atoms with Gasteiger partial charge in [0.1, 0.15) is 5.70 Å². The van der Waals surface area contributed by atoms with Crippen LogP contribution in [0.1, 0.15) is 28.9 Å². The maximum absolute atomic E-state index is 13.2. The van der Waals surface area contributed by atoms with Crippen LogP contribution in [0.3, 0.4) is 0 Å². The summed E-state index contributed by atoms with van der Waals surface area (Å²) in [6.45, 7) is 1.91. The quantitative estimate of drug-likeness (QED) is 0.482. The lowest BCUT2D eigenvalue weighted by molar-refractivity contribution is -0.138. The van der Waals surface area contributed by atoms with Crippen molar-refractivity contribution in [3.8, 4) is 0 Å². The Hall–Kier alpha value is -2.99. The fraction of sp³-hybridized carbons (Fsp3) is 0.150. The summed E-state index contributed by atoms with van der Waals surface area (Å²) in [4.78, 5) is 25.7. The number of nitrogens with one attached hydrogen (secondary N) is 2. The third kappa shape index (κ3) is 3.65. The highest BCUT2D eigenvalue weighted by Gasteiger charge is 2.35. The van der Waals surface area contributed by atoms with Crippen LogP contribution in [-0.2, 0) is 9.53 Å². The second kappa shape index (κ2) is 7.93. The normalized spacial score (nSPS) is 16.5. The Morgan fingerprint density at radius 3 is 2.27 bits per heavy atom. The molecule has 0 spiro atoms. The van der Waals surface area contributed by atoms with Crippen LogP contribution in [0.2, 0.25) is 0 Å². The summed E-state index contributed by atoms with van der Waals surface area (Å²) in [5.41, 5.74) is 1.69. The van der Waals surface area contributed by atoms with Crippen molar-refractivity contribution in [2.75, 3.05) is 6.61 Å². The van der Waals surface area contributed by atoms with Crippen molar-refractivity contribution in [3.05, 3.63) is 83.1 Å². The van der Waals surface area contributed by atoms with Gasteiger partial charge in [-0.15, -0.1) is 0 Å². The van der Waals surface area contributed by atoms with Gasteiger partial charge in [0, 0.05) is 5.56 Å². The molecule has 0 amide bonds. The van der Waals surface area contributed by atoms with E-state index in [1.54, 1.807) is 31.2 Å². The van der Waals surface area contributed by atoms with E-state index in [0.717, 1.165) is 5.56 Å². The Balaban J connectivity index is 2.16. The number of esters is 1. The Bertz CT molecular complexity index is 863. The van der Waals surface area contributed by atoms with Crippen molar-refractivity contribution in [2.24, 2.45) is 0 Å².